The molecule has 0 fully saturated rings. The van der Waals surface area contributed by atoms with Gasteiger partial charge in [0.25, 0.3) is 0 Å². The Balaban J connectivity index is 2.36. The predicted octanol–water partition coefficient (Wildman–Crippen LogP) is 2.15. The number of methoxy groups -OCH3 is 1. The first-order chi connectivity index (χ1) is 6.26. The molecule has 1 heterocycles. The molecule has 0 saturated heterocycles. The monoisotopic (exact) mass is 200 g/mol. The van der Waals surface area contributed by atoms with E-state index in [1.807, 2.05) is 6.92 Å². The Bertz CT molecular complexity index is 250. The minimum absolute atomic E-state index is 0.231. The molecule has 1 rings (SSSR count). The molecule has 0 aliphatic heterocycles. The topological polar surface area (TPSA) is 34.1 Å². The summed E-state index contributed by atoms with van der Waals surface area (Å²) in [6, 6.07) is 0. The second-order valence-electron chi connectivity index (χ2n) is 2.92. The Morgan fingerprint density at radius 2 is 2.46 bits per heavy atom. The van der Waals surface area contributed by atoms with E-state index in [-0.39, 0.29) is 6.10 Å². The maximum absolute atomic E-state index is 5.12. The third-order valence-electron chi connectivity index (χ3n) is 1.86. The minimum Gasteiger partial charge on any atom is -0.380 e. The molecule has 1 N–H and O–H groups in total. The van der Waals surface area contributed by atoms with Crippen LogP contribution in [-0.2, 0) is 11.2 Å². The highest BCUT2D eigenvalue weighted by atomic mass is 32.1. The largest absolute Gasteiger partial charge is 0.380 e. The van der Waals surface area contributed by atoms with Crippen molar-refractivity contribution < 1.29 is 4.74 Å². The van der Waals surface area contributed by atoms with Crippen molar-refractivity contribution in [3.8, 4) is 0 Å². The van der Waals surface area contributed by atoms with Crippen LogP contribution in [0.15, 0.2) is 5.38 Å². The smallest absolute Gasteiger partial charge is 0.182 e. The summed E-state index contributed by atoms with van der Waals surface area (Å²) in [5, 5.41) is 6.30. The fourth-order valence-corrected chi connectivity index (χ4v) is 1.67. The molecule has 0 spiro atoms. The maximum Gasteiger partial charge on any atom is 0.182 e. The van der Waals surface area contributed by atoms with Gasteiger partial charge in [-0.2, -0.15) is 0 Å². The Hall–Kier alpha value is -0.610. The van der Waals surface area contributed by atoms with Gasteiger partial charge in [-0.3, -0.25) is 0 Å². The number of nitrogens with one attached hydrogen (secondary N) is 1. The predicted molar refractivity (Wildman–Crippen MR) is 56.5 cm³/mol. The molecule has 0 aliphatic carbocycles. The van der Waals surface area contributed by atoms with Gasteiger partial charge in [-0.05, 0) is 13.3 Å². The quantitative estimate of drug-likeness (QED) is 0.791. The number of ether oxygens (including phenoxy) is 1. The maximum atomic E-state index is 5.12. The summed E-state index contributed by atoms with van der Waals surface area (Å²) in [5.74, 6) is 0. The Kier molecular flexibility index (Phi) is 4.18. The minimum atomic E-state index is 0.231. The number of rotatable bonds is 5. The fourth-order valence-electron chi connectivity index (χ4n) is 0.865. The van der Waals surface area contributed by atoms with E-state index in [0.29, 0.717) is 0 Å². The molecule has 0 aliphatic rings. The Morgan fingerprint density at radius 1 is 1.69 bits per heavy atom. The summed E-state index contributed by atoms with van der Waals surface area (Å²) < 4.78 is 5.12. The van der Waals surface area contributed by atoms with Crippen LogP contribution in [0.3, 0.4) is 0 Å². The fraction of sp³-hybridized carbons (Fsp3) is 0.667. The van der Waals surface area contributed by atoms with Gasteiger partial charge in [-0.1, -0.05) is 6.92 Å². The van der Waals surface area contributed by atoms with Crippen molar-refractivity contribution in [2.75, 3.05) is 19.0 Å². The van der Waals surface area contributed by atoms with Gasteiger partial charge in [0.2, 0.25) is 0 Å². The first-order valence-corrected chi connectivity index (χ1v) is 5.35. The van der Waals surface area contributed by atoms with Gasteiger partial charge >= 0.3 is 0 Å². The van der Waals surface area contributed by atoms with E-state index in [0.717, 1.165) is 23.8 Å². The van der Waals surface area contributed by atoms with Gasteiger partial charge in [0.05, 0.1) is 11.8 Å². The lowest BCUT2D eigenvalue weighted by molar-refractivity contribution is 0.129. The average Bonchev–Trinajstić information content (AvgIpc) is 2.61. The second-order valence-corrected chi connectivity index (χ2v) is 3.78. The normalized spacial score (nSPS) is 12.8. The highest BCUT2D eigenvalue weighted by Crippen LogP contribution is 2.15. The third-order valence-corrected chi connectivity index (χ3v) is 2.71. The molecule has 0 saturated carbocycles. The molecule has 13 heavy (non-hydrogen) atoms. The van der Waals surface area contributed by atoms with Crippen LogP contribution in [0.4, 0.5) is 5.13 Å². The van der Waals surface area contributed by atoms with Gasteiger partial charge in [-0.25, -0.2) is 4.98 Å². The van der Waals surface area contributed by atoms with Crippen molar-refractivity contribution in [2.24, 2.45) is 0 Å². The lowest BCUT2D eigenvalue weighted by Crippen LogP contribution is -2.17. The summed E-state index contributed by atoms with van der Waals surface area (Å²) in [7, 11) is 1.71. The van der Waals surface area contributed by atoms with E-state index in [9.17, 15) is 0 Å². The lowest BCUT2D eigenvalue weighted by atomic mass is 10.4. The van der Waals surface area contributed by atoms with Crippen LogP contribution in [0, 0.1) is 0 Å². The Morgan fingerprint density at radius 3 is 3.00 bits per heavy atom. The van der Waals surface area contributed by atoms with Gasteiger partial charge in [0.15, 0.2) is 5.13 Å². The zero-order chi connectivity index (χ0) is 9.68. The molecular weight excluding hydrogens is 184 g/mol. The molecule has 74 valence electrons. The highest BCUT2D eigenvalue weighted by molar-refractivity contribution is 7.13. The zero-order valence-corrected chi connectivity index (χ0v) is 9.15. The van der Waals surface area contributed by atoms with Gasteiger partial charge in [0.1, 0.15) is 0 Å². The Labute approximate surface area is 83.1 Å². The molecule has 0 aromatic carbocycles. The zero-order valence-electron chi connectivity index (χ0n) is 8.33. The summed E-state index contributed by atoms with van der Waals surface area (Å²) >= 11 is 1.65. The van der Waals surface area contributed by atoms with E-state index in [2.05, 4.69) is 22.6 Å². The van der Waals surface area contributed by atoms with Crippen LogP contribution < -0.4 is 5.32 Å². The van der Waals surface area contributed by atoms with E-state index in [1.54, 1.807) is 18.4 Å². The second kappa shape index (κ2) is 5.19. The number of thiazole rings is 1. The molecule has 1 aromatic rings. The van der Waals surface area contributed by atoms with Crippen molar-refractivity contribution in [1.82, 2.24) is 4.98 Å². The van der Waals surface area contributed by atoms with Crippen LogP contribution in [-0.4, -0.2) is 24.7 Å². The molecule has 0 radical (unpaired) electrons. The number of nitrogens with zero attached hydrogens (tertiary/aromatic N) is 1. The summed E-state index contributed by atoms with van der Waals surface area (Å²) in [6.07, 6.45) is 1.23. The van der Waals surface area contributed by atoms with E-state index in [1.165, 1.54) is 0 Å². The number of hydrogen-bond acceptors (Lipinski definition) is 4. The number of aromatic nitrogens is 1. The van der Waals surface area contributed by atoms with Crippen molar-refractivity contribution in [2.45, 2.75) is 26.4 Å². The van der Waals surface area contributed by atoms with Crippen molar-refractivity contribution in [3.05, 3.63) is 11.1 Å². The summed E-state index contributed by atoms with van der Waals surface area (Å²) in [4.78, 5) is 4.39. The van der Waals surface area contributed by atoms with Crippen LogP contribution in [0.2, 0.25) is 0 Å². The molecule has 1 unspecified atom stereocenters. The van der Waals surface area contributed by atoms with Crippen LogP contribution in [0.5, 0.6) is 0 Å². The third kappa shape index (κ3) is 3.32. The van der Waals surface area contributed by atoms with Crippen molar-refractivity contribution in [1.29, 1.82) is 0 Å². The number of anilines is 1. The van der Waals surface area contributed by atoms with Crippen LogP contribution >= 0.6 is 11.3 Å². The summed E-state index contributed by atoms with van der Waals surface area (Å²) in [5.41, 5.74) is 1.15. The van der Waals surface area contributed by atoms with Gasteiger partial charge in [0, 0.05) is 19.0 Å². The van der Waals surface area contributed by atoms with Crippen molar-refractivity contribution >= 4 is 16.5 Å². The van der Waals surface area contributed by atoms with Gasteiger partial charge < -0.3 is 10.1 Å². The molecule has 4 heteroatoms. The van der Waals surface area contributed by atoms with E-state index >= 15 is 0 Å². The van der Waals surface area contributed by atoms with E-state index in [4.69, 9.17) is 4.74 Å². The number of aryl methyl sites for hydroxylation is 1. The first kappa shape index (κ1) is 10.5. The van der Waals surface area contributed by atoms with E-state index < -0.39 is 0 Å². The first-order valence-electron chi connectivity index (χ1n) is 4.47. The average molecular weight is 200 g/mol. The molecule has 0 amide bonds. The number of hydrogen-bond donors (Lipinski definition) is 1. The molecule has 3 nitrogen and oxygen atoms in total. The molecule has 1 aromatic heterocycles. The van der Waals surface area contributed by atoms with Gasteiger partial charge in [-0.15, -0.1) is 11.3 Å². The SMILES string of the molecule is CCc1csc(NCC(C)OC)n1. The highest BCUT2D eigenvalue weighted by Gasteiger charge is 2.02. The molecule has 1 atom stereocenters. The van der Waals surface area contributed by atoms with Crippen LogP contribution in [0.1, 0.15) is 19.5 Å². The lowest BCUT2D eigenvalue weighted by Gasteiger charge is -2.08. The standard InChI is InChI=1S/C9H16N2OS/c1-4-8-6-13-9(11-8)10-5-7(2)12-3/h6-7H,4-5H2,1-3H3,(H,10,11). The van der Waals surface area contributed by atoms with Crippen LogP contribution in [0.25, 0.3) is 0 Å². The summed E-state index contributed by atoms with van der Waals surface area (Å²) in [6.45, 7) is 4.95. The molecule has 0 bridgehead atoms. The van der Waals surface area contributed by atoms with Crippen molar-refractivity contribution in [3.63, 3.8) is 0 Å². The molecular formula is C9H16N2OS.